The molecule has 4 rings (SSSR count). The van der Waals surface area contributed by atoms with Crippen LogP contribution < -0.4 is 0 Å². The van der Waals surface area contributed by atoms with Crippen molar-refractivity contribution in [1.82, 2.24) is 24.3 Å². The number of thioether (sulfide) groups is 1. The number of benzene rings is 1. The molecule has 0 radical (unpaired) electrons. The molecule has 31 heavy (non-hydrogen) atoms. The lowest BCUT2D eigenvalue weighted by molar-refractivity contribution is -0.130. The number of aryl methyl sites for hydroxylation is 3. The van der Waals surface area contributed by atoms with Crippen LogP contribution in [0.15, 0.2) is 41.1 Å². The van der Waals surface area contributed by atoms with Gasteiger partial charge in [0.05, 0.1) is 16.5 Å². The van der Waals surface area contributed by atoms with E-state index in [0.29, 0.717) is 5.75 Å². The summed E-state index contributed by atoms with van der Waals surface area (Å²) in [5.74, 6) is 0.592. The zero-order valence-corrected chi connectivity index (χ0v) is 20.0. The number of carbonyl (C=O) groups is 1. The predicted octanol–water partition coefficient (Wildman–Crippen LogP) is 3.94. The van der Waals surface area contributed by atoms with E-state index in [9.17, 15) is 4.79 Å². The Kier molecular flexibility index (Phi) is 7.09. The molecule has 1 aliphatic heterocycles. The van der Waals surface area contributed by atoms with E-state index in [-0.39, 0.29) is 5.91 Å². The molecule has 0 atom stereocenters. The lowest BCUT2D eigenvalue weighted by Gasteiger charge is -2.34. The molecule has 164 valence electrons. The van der Waals surface area contributed by atoms with Crippen LogP contribution in [0.2, 0.25) is 0 Å². The van der Waals surface area contributed by atoms with E-state index in [4.69, 9.17) is 0 Å². The Morgan fingerprint density at radius 2 is 1.87 bits per heavy atom. The Balaban J connectivity index is 1.29. The van der Waals surface area contributed by atoms with E-state index in [2.05, 4.69) is 63.8 Å². The van der Waals surface area contributed by atoms with Gasteiger partial charge in [-0.25, -0.2) is 9.97 Å². The molecule has 2 aromatic heterocycles. The van der Waals surface area contributed by atoms with Crippen LogP contribution in [0.1, 0.15) is 28.8 Å². The molecule has 1 aromatic carbocycles. The molecular weight excluding hydrogens is 426 g/mol. The highest BCUT2D eigenvalue weighted by atomic mass is 32.2. The minimum atomic E-state index is 0.182. The van der Waals surface area contributed by atoms with Crippen molar-refractivity contribution < 1.29 is 4.79 Å². The number of thiazole rings is 1. The van der Waals surface area contributed by atoms with Crippen LogP contribution in [0.5, 0.6) is 0 Å². The van der Waals surface area contributed by atoms with Crippen molar-refractivity contribution in [3.63, 3.8) is 0 Å². The van der Waals surface area contributed by atoms with Crippen LogP contribution in [0.4, 0.5) is 0 Å². The molecule has 0 N–H and O–H groups in total. The van der Waals surface area contributed by atoms with Gasteiger partial charge in [0.15, 0.2) is 5.16 Å². The highest BCUT2D eigenvalue weighted by molar-refractivity contribution is 7.99. The number of imidazole rings is 1. The summed E-state index contributed by atoms with van der Waals surface area (Å²) in [7, 11) is 0. The molecule has 1 amide bonds. The first-order valence-corrected chi connectivity index (χ1v) is 12.6. The second kappa shape index (κ2) is 9.97. The summed E-state index contributed by atoms with van der Waals surface area (Å²) in [5.41, 5.74) is 4.68. The maximum Gasteiger partial charge on any atom is 0.233 e. The number of rotatable bonds is 7. The average Bonchev–Trinajstić information content (AvgIpc) is 3.41. The maximum atomic E-state index is 12.8. The Bertz CT molecular complexity index is 1020. The quantitative estimate of drug-likeness (QED) is 0.505. The van der Waals surface area contributed by atoms with Gasteiger partial charge in [0, 0.05) is 56.2 Å². The van der Waals surface area contributed by atoms with Crippen molar-refractivity contribution in [3.05, 3.63) is 57.8 Å². The van der Waals surface area contributed by atoms with Crippen LogP contribution in [0, 0.1) is 13.8 Å². The second-order valence-corrected chi connectivity index (χ2v) is 9.84. The SMILES string of the molecule is CCc1nc(CN2CCN(C(=O)CSc3nccn3-c3cc(C)cc(C)c3)CC2)cs1. The van der Waals surface area contributed by atoms with Crippen molar-refractivity contribution in [1.29, 1.82) is 0 Å². The molecule has 0 saturated carbocycles. The fourth-order valence-corrected chi connectivity index (χ4v) is 5.48. The van der Waals surface area contributed by atoms with Crippen molar-refractivity contribution in [3.8, 4) is 5.69 Å². The van der Waals surface area contributed by atoms with E-state index in [1.54, 1.807) is 17.5 Å². The molecule has 1 aliphatic rings. The van der Waals surface area contributed by atoms with Gasteiger partial charge in [-0.05, 0) is 43.5 Å². The summed E-state index contributed by atoms with van der Waals surface area (Å²) >= 11 is 3.25. The number of carbonyl (C=O) groups excluding carboxylic acids is 1. The Morgan fingerprint density at radius 3 is 2.55 bits per heavy atom. The lowest BCUT2D eigenvalue weighted by atomic mass is 10.1. The van der Waals surface area contributed by atoms with Crippen LogP contribution in [0.25, 0.3) is 5.69 Å². The van der Waals surface area contributed by atoms with Crippen molar-refractivity contribution in [2.75, 3.05) is 31.9 Å². The molecule has 8 heteroatoms. The van der Waals surface area contributed by atoms with E-state index < -0.39 is 0 Å². The summed E-state index contributed by atoms with van der Waals surface area (Å²) in [6.07, 6.45) is 4.75. The van der Waals surface area contributed by atoms with Crippen LogP contribution in [-0.4, -0.2) is 62.2 Å². The number of nitrogens with zero attached hydrogens (tertiary/aromatic N) is 5. The first-order valence-electron chi connectivity index (χ1n) is 10.7. The molecule has 3 aromatic rings. The number of amides is 1. The molecule has 1 saturated heterocycles. The number of piperazine rings is 1. The van der Waals surface area contributed by atoms with Crippen molar-refractivity contribution >= 4 is 29.0 Å². The third-order valence-corrected chi connectivity index (χ3v) is 7.42. The molecule has 0 spiro atoms. The summed E-state index contributed by atoms with van der Waals surface area (Å²) < 4.78 is 2.06. The smallest absolute Gasteiger partial charge is 0.233 e. The molecule has 6 nitrogen and oxygen atoms in total. The van der Waals surface area contributed by atoms with Crippen LogP contribution in [-0.2, 0) is 17.8 Å². The first kappa shape index (κ1) is 22.0. The molecule has 0 aliphatic carbocycles. The van der Waals surface area contributed by atoms with E-state index in [1.807, 2.05) is 11.1 Å². The average molecular weight is 456 g/mol. The maximum absolute atomic E-state index is 12.8. The van der Waals surface area contributed by atoms with Gasteiger partial charge in [-0.3, -0.25) is 14.3 Å². The minimum Gasteiger partial charge on any atom is -0.339 e. The standard InChI is InChI=1S/C23H29N5OS2/c1-4-21-25-19(15-30-21)14-26-7-9-27(10-8-26)22(29)16-31-23-24-5-6-28(23)20-12-17(2)11-18(3)13-20/h5-6,11-13,15H,4,7-10,14,16H2,1-3H3. The van der Waals surface area contributed by atoms with Gasteiger partial charge in [0.2, 0.25) is 5.91 Å². The van der Waals surface area contributed by atoms with Crippen molar-refractivity contribution in [2.45, 2.75) is 38.9 Å². The van der Waals surface area contributed by atoms with Gasteiger partial charge in [-0.1, -0.05) is 24.8 Å². The predicted molar refractivity (Wildman–Crippen MR) is 127 cm³/mol. The van der Waals surface area contributed by atoms with Crippen LogP contribution >= 0.6 is 23.1 Å². The molecule has 0 bridgehead atoms. The first-order chi connectivity index (χ1) is 15.0. The third kappa shape index (κ3) is 5.56. The summed E-state index contributed by atoms with van der Waals surface area (Å²) in [5, 5.41) is 4.21. The van der Waals surface area contributed by atoms with E-state index >= 15 is 0 Å². The summed E-state index contributed by atoms with van der Waals surface area (Å²) in [6.45, 7) is 10.5. The monoisotopic (exact) mass is 455 g/mol. The van der Waals surface area contributed by atoms with Gasteiger partial charge in [-0.15, -0.1) is 11.3 Å². The fraction of sp³-hybridized carbons (Fsp3) is 0.435. The molecule has 0 unspecified atom stereocenters. The third-order valence-electron chi connectivity index (χ3n) is 5.43. The topological polar surface area (TPSA) is 54.3 Å². The fourth-order valence-electron chi connectivity index (χ4n) is 3.87. The van der Waals surface area contributed by atoms with Gasteiger partial charge in [-0.2, -0.15) is 0 Å². The second-order valence-electron chi connectivity index (χ2n) is 7.96. The Labute approximate surface area is 192 Å². The van der Waals surface area contributed by atoms with Gasteiger partial charge in [0.1, 0.15) is 0 Å². The summed E-state index contributed by atoms with van der Waals surface area (Å²) in [4.78, 5) is 26.3. The lowest BCUT2D eigenvalue weighted by Crippen LogP contribution is -2.48. The van der Waals surface area contributed by atoms with Crippen molar-refractivity contribution in [2.24, 2.45) is 0 Å². The number of hydrogen-bond donors (Lipinski definition) is 0. The molecular formula is C23H29N5OS2. The highest BCUT2D eigenvalue weighted by Gasteiger charge is 2.22. The Hall–Kier alpha value is -2.16. The highest BCUT2D eigenvalue weighted by Crippen LogP contribution is 2.23. The zero-order valence-electron chi connectivity index (χ0n) is 18.4. The largest absolute Gasteiger partial charge is 0.339 e. The van der Waals surface area contributed by atoms with E-state index in [1.165, 1.54) is 27.9 Å². The normalized spacial score (nSPS) is 14.9. The van der Waals surface area contributed by atoms with Crippen LogP contribution in [0.3, 0.4) is 0 Å². The number of hydrogen-bond acceptors (Lipinski definition) is 6. The summed E-state index contributed by atoms with van der Waals surface area (Å²) in [6, 6.07) is 6.45. The van der Waals surface area contributed by atoms with Gasteiger partial charge >= 0.3 is 0 Å². The van der Waals surface area contributed by atoms with Gasteiger partial charge < -0.3 is 4.90 Å². The van der Waals surface area contributed by atoms with E-state index in [0.717, 1.165) is 55.7 Å². The Morgan fingerprint density at radius 1 is 1.13 bits per heavy atom. The zero-order chi connectivity index (χ0) is 21.8. The minimum absolute atomic E-state index is 0.182. The number of aromatic nitrogens is 3. The molecule has 3 heterocycles. The molecule has 1 fully saturated rings. The van der Waals surface area contributed by atoms with Gasteiger partial charge in [0.25, 0.3) is 0 Å².